The van der Waals surface area contributed by atoms with E-state index in [1.807, 2.05) is 17.9 Å². The Morgan fingerprint density at radius 2 is 2.10 bits per heavy atom. The van der Waals surface area contributed by atoms with Crippen molar-refractivity contribution in [1.82, 2.24) is 4.90 Å². The minimum atomic E-state index is -1.25. The Morgan fingerprint density at radius 3 is 2.70 bits per heavy atom. The monoisotopic (exact) mass is 277 g/mol. The molecule has 0 saturated heterocycles. The Balaban J connectivity index is 2.15. The molecule has 2 aromatic rings. The number of carbonyl (C=O) groups is 1. The summed E-state index contributed by atoms with van der Waals surface area (Å²) in [6.07, 6.45) is 1.59. The molecule has 0 atom stereocenters. The van der Waals surface area contributed by atoms with Crippen LogP contribution in [0.25, 0.3) is 0 Å². The standard InChI is InChI=1S/C15H16FNO3/c1-2-17(10-12-6-4-8-20-12)9-11-5-3-7-13(14(11)16)15(18)19/h3-8H,2,9-10H2,1H3,(H,18,19). The summed E-state index contributed by atoms with van der Waals surface area (Å²) in [5.74, 6) is -1.13. The van der Waals surface area contributed by atoms with Crippen molar-refractivity contribution in [3.63, 3.8) is 0 Å². The van der Waals surface area contributed by atoms with Gasteiger partial charge in [0, 0.05) is 12.1 Å². The normalized spacial score (nSPS) is 10.9. The van der Waals surface area contributed by atoms with E-state index in [0.29, 0.717) is 25.2 Å². The zero-order valence-corrected chi connectivity index (χ0v) is 11.2. The molecule has 0 radical (unpaired) electrons. The third kappa shape index (κ3) is 3.24. The Bertz CT molecular complexity index is 581. The second kappa shape index (κ2) is 6.34. The van der Waals surface area contributed by atoms with Crippen molar-refractivity contribution in [3.05, 3.63) is 59.3 Å². The van der Waals surface area contributed by atoms with Gasteiger partial charge in [0.2, 0.25) is 0 Å². The fourth-order valence-corrected chi connectivity index (χ4v) is 2.01. The van der Waals surface area contributed by atoms with Gasteiger partial charge in [-0.05, 0) is 24.7 Å². The highest BCUT2D eigenvalue weighted by molar-refractivity contribution is 5.88. The number of aromatic carboxylic acids is 1. The van der Waals surface area contributed by atoms with Crippen LogP contribution < -0.4 is 0 Å². The molecule has 0 aliphatic carbocycles. The molecular formula is C15H16FNO3. The van der Waals surface area contributed by atoms with Gasteiger partial charge in [-0.15, -0.1) is 0 Å². The maximum absolute atomic E-state index is 14.1. The first-order chi connectivity index (χ1) is 9.61. The summed E-state index contributed by atoms with van der Waals surface area (Å²) >= 11 is 0. The maximum Gasteiger partial charge on any atom is 0.338 e. The van der Waals surface area contributed by atoms with Crippen LogP contribution in [0.4, 0.5) is 4.39 Å². The number of hydrogen-bond donors (Lipinski definition) is 1. The lowest BCUT2D eigenvalue weighted by Gasteiger charge is -2.19. The molecule has 20 heavy (non-hydrogen) atoms. The van der Waals surface area contributed by atoms with Crippen LogP contribution in [0.3, 0.4) is 0 Å². The number of furan rings is 1. The third-order valence-electron chi connectivity index (χ3n) is 3.11. The van der Waals surface area contributed by atoms with Gasteiger partial charge in [-0.1, -0.05) is 19.1 Å². The first-order valence-corrected chi connectivity index (χ1v) is 6.37. The second-order valence-corrected chi connectivity index (χ2v) is 4.47. The summed E-state index contributed by atoms with van der Waals surface area (Å²) in [6, 6.07) is 8.08. The van der Waals surface area contributed by atoms with Crippen LogP contribution in [0.2, 0.25) is 0 Å². The number of benzene rings is 1. The van der Waals surface area contributed by atoms with Crippen molar-refractivity contribution in [2.45, 2.75) is 20.0 Å². The maximum atomic E-state index is 14.1. The number of halogens is 1. The van der Waals surface area contributed by atoms with Crippen molar-refractivity contribution >= 4 is 5.97 Å². The molecule has 1 heterocycles. The smallest absolute Gasteiger partial charge is 0.338 e. The highest BCUT2D eigenvalue weighted by atomic mass is 19.1. The Morgan fingerprint density at radius 1 is 1.30 bits per heavy atom. The molecule has 0 amide bonds. The SMILES string of the molecule is CCN(Cc1ccco1)Cc1cccc(C(=O)O)c1F. The number of nitrogens with zero attached hydrogens (tertiary/aromatic N) is 1. The lowest BCUT2D eigenvalue weighted by Crippen LogP contribution is -2.23. The molecule has 2 rings (SSSR count). The second-order valence-electron chi connectivity index (χ2n) is 4.47. The van der Waals surface area contributed by atoms with E-state index in [0.717, 1.165) is 5.76 Å². The van der Waals surface area contributed by atoms with Gasteiger partial charge >= 0.3 is 5.97 Å². The van der Waals surface area contributed by atoms with Crippen molar-refractivity contribution in [1.29, 1.82) is 0 Å². The minimum Gasteiger partial charge on any atom is -0.478 e. The predicted molar refractivity (Wildman–Crippen MR) is 71.9 cm³/mol. The lowest BCUT2D eigenvalue weighted by molar-refractivity contribution is 0.0691. The predicted octanol–water partition coefficient (Wildman–Crippen LogP) is 3.14. The molecule has 5 heteroatoms. The molecule has 0 bridgehead atoms. The zero-order valence-electron chi connectivity index (χ0n) is 11.2. The first-order valence-electron chi connectivity index (χ1n) is 6.37. The van der Waals surface area contributed by atoms with Crippen molar-refractivity contribution < 1.29 is 18.7 Å². The van der Waals surface area contributed by atoms with Gasteiger partial charge in [0.05, 0.1) is 18.4 Å². The zero-order chi connectivity index (χ0) is 14.5. The van der Waals surface area contributed by atoms with E-state index in [9.17, 15) is 9.18 Å². The molecule has 0 spiro atoms. The van der Waals surface area contributed by atoms with Gasteiger partial charge in [-0.25, -0.2) is 9.18 Å². The van der Waals surface area contributed by atoms with Crippen molar-refractivity contribution in [2.24, 2.45) is 0 Å². The molecule has 106 valence electrons. The van der Waals surface area contributed by atoms with E-state index < -0.39 is 11.8 Å². The van der Waals surface area contributed by atoms with Crippen LogP contribution in [0.15, 0.2) is 41.0 Å². The van der Waals surface area contributed by atoms with E-state index in [2.05, 4.69) is 0 Å². The molecular weight excluding hydrogens is 261 g/mol. The molecule has 0 aliphatic rings. The van der Waals surface area contributed by atoms with Gasteiger partial charge < -0.3 is 9.52 Å². The molecule has 1 aromatic heterocycles. The molecule has 0 saturated carbocycles. The summed E-state index contributed by atoms with van der Waals surface area (Å²) in [7, 11) is 0. The molecule has 0 aliphatic heterocycles. The average Bonchev–Trinajstić information content (AvgIpc) is 2.92. The van der Waals surface area contributed by atoms with Gasteiger partial charge in [-0.3, -0.25) is 4.90 Å². The van der Waals surface area contributed by atoms with E-state index >= 15 is 0 Å². The van der Waals surface area contributed by atoms with Gasteiger partial charge in [0.15, 0.2) is 0 Å². The van der Waals surface area contributed by atoms with Crippen LogP contribution >= 0.6 is 0 Å². The fraction of sp³-hybridized carbons (Fsp3) is 0.267. The van der Waals surface area contributed by atoms with Crippen LogP contribution in [0.5, 0.6) is 0 Å². The van der Waals surface area contributed by atoms with Gasteiger partial charge in [0.1, 0.15) is 11.6 Å². The van der Waals surface area contributed by atoms with E-state index in [-0.39, 0.29) is 5.56 Å². The summed E-state index contributed by atoms with van der Waals surface area (Å²) in [5.41, 5.74) is 0.0786. The number of rotatable bonds is 6. The molecule has 1 aromatic carbocycles. The Labute approximate surface area is 116 Å². The van der Waals surface area contributed by atoms with E-state index in [1.54, 1.807) is 24.5 Å². The first kappa shape index (κ1) is 14.3. The third-order valence-corrected chi connectivity index (χ3v) is 3.11. The van der Waals surface area contributed by atoms with Crippen LogP contribution in [0.1, 0.15) is 28.6 Å². The largest absolute Gasteiger partial charge is 0.478 e. The quantitative estimate of drug-likeness (QED) is 0.881. The van der Waals surface area contributed by atoms with E-state index in [4.69, 9.17) is 9.52 Å². The summed E-state index contributed by atoms with van der Waals surface area (Å²) < 4.78 is 19.3. The molecule has 4 nitrogen and oxygen atoms in total. The van der Waals surface area contributed by atoms with Crippen LogP contribution in [-0.4, -0.2) is 22.5 Å². The minimum absolute atomic E-state index is 0.295. The molecule has 1 N–H and O–H groups in total. The highest BCUT2D eigenvalue weighted by Gasteiger charge is 2.16. The van der Waals surface area contributed by atoms with E-state index in [1.165, 1.54) is 6.07 Å². The Hall–Kier alpha value is -2.14. The average molecular weight is 277 g/mol. The Kier molecular flexibility index (Phi) is 4.53. The fourth-order valence-electron chi connectivity index (χ4n) is 2.01. The molecule has 0 unspecified atom stereocenters. The summed E-state index contributed by atoms with van der Waals surface area (Å²) in [6.45, 7) is 3.56. The molecule has 0 fully saturated rings. The number of carboxylic acid groups (broad SMARTS) is 1. The summed E-state index contributed by atoms with van der Waals surface area (Å²) in [4.78, 5) is 12.9. The summed E-state index contributed by atoms with van der Waals surface area (Å²) in [5, 5.41) is 8.92. The van der Waals surface area contributed by atoms with Crippen LogP contribution in [0, 0.1) is 5.82 Å². The number of hydrogen-bond acceptors (Lipinski definition) is 3. The van der Waals surface area contributed by atoms with Crippen LogP contribution in [-0.2, 0) is 13.1 Å². The van der Waals surface area contributed by atoms with Gasteiger partial charge in [0.25, 0.3) is 0 Å². The van der Waals surface area contributed by atoms with Crippen molar-refractivity contribution in [3.8, 4) is 0 Å². The van der Waals surface area contributed by atoms with Crippen molar-refractivity contribution in [2.75, 3.05) is 6.54 Å². The number of carboxylic acids is 1. The lowest BCUT2D eigenvalue weighted by atomic mass is 10.1. The van der Waals surface area contributed by atoms with Gasteiger partial charge in [-0.2, -0.15) is 0 Å². The topological polar surface area (TPSA) is 53.7 Å². The highest BCUT2D eigenvalue weighted by Crippen LogP contribution is 2.16.